The Hall–Kier alpha value is -5.30. The Bertz CT molecular complexity index is 2070. The van der Waals surface area contributed by atoms with Crippen LogP contribution in [0, 0.1) is 23.7 Å². The highest BCUT2D eigenvalue weighted by molar-refractivity contribution is 7.78. The monoisotopic (exact) mass is 959 g/mol. The minimum absolute atomic E-state index is 0.0460. The predicted octanol–water partition coefficient (Wildman–Crippen LogP) is 9.86. The van der Waals surface area contributed by atoms with E-state index in [4.69, 9.17) is 32.2 Å². The number of hydrogen-bond donors (Lipinski definition) is 3. The Morgan fingerprint density at radius 2 is 1.41 bits per heavy atom. The smallest absolute Gasteiger partial charge is 0.407 e. The SMILES string of the molecule is [B]P(F)CC(N)=NCCC[C@@H](NC(=O)[C@@H](CCCCNC(=O)OC(C)(C)C)CC(=O)COc1ccccc1-c1ccccc1OCCC(C)C)C(=O)C[C@@H](CC(C)C)C(=O)OCc1ccccc1. The summed E-state index contributed by atoms with van der Waals surface area (Å²) >= 11 is 0. The number of ether oxygens (including phenoxy) is 4. The van der Waals surface area contributed by atoms with Crippen LogP contribution in [0.15, 0.2) is 83.9 Å². The molecule has 0 aliphatic heterocycles. The molecule has 3 rings (SSSR count). The van der Waals surface area contributed by atoms with Crippen molar-refractivity contribution >= 4 is 51.0 Å². The number of aliphatic imine (C=N–C) groups is 1. The normalized spacial score (nSPS) is 13.5. The van der Waals surface area contributed by atoms with Gasteiger partial charge in [-0.15, -0.1) is 0 Å². The van der Waals surface area contributed by atoms with Crippen LogP contribution in [0.5, 0.6) is 11.5 Å². The molecule has 3 aromatic carbocycles. The number of nitrogens with zero attached hydrogens (tertiary/aromatic N) is 1. The first-order chi connectivity index (χ1) is 32.3. The van der Waals surface area contributed by atoms with E-state index in [1.807, 2.05) is 86.6 Å². The molecule has 4 atom stereocenters. The zero-order valence-corrected chi connectivity index (χ0v) is 42.0. The number of benzene rings is 3. The van der Waals surface area contributed by atoms with Gasteiger partial charge in [0.15, 0.2) is 19.1 Å². The summed E-state index contributed by atoms with van der Waals surface area (Å²) in [5.74, 6) is -1.68. The third-order valence-electron chi connectivity index (χ3n) is 10.6. The highest BCUT2D eigenvalue weighted by Gasteiger charge is 2.31. The summed E-state index contributed by atoms with van der Waals surface area (Å²) in [4.78, 5) is 72.5. The summed E-state index contributed by atoms with van der Waals surface area (Å²) in [5, 5.41) is 5.65. The van der Waals surface area contributed by atoms with Crippen molar-refractivity contribution in [1.82, 2.24) is 10.6 Å². The predicted molar refractivity (Wildman–Crippen MR) is 269 cm³/mol. The number of esters is 1. The van der Waals surface area contributed by atoms with Crippen LogP contribution >= 0.6 is 8.11 Å². The zero-order chi connectivity index (χ0) is 50.1. The number of carbonyl (C=O) groups is 5. The van der Waals surface area contributed by atoms with Gasteiger partial charge in [0.2, 0.25) is 5.91 Å². The third-order valence-corrected chi connectivity index (χ3v) is 11.3. The number of unbranched alkanes of at least 4 members (excludes halogenated alkanes) is 1. The number of nitrogens with two attached hydrogens (primary N) is 1. The van der Waals surface area contributed by atoms with Crippen molar-refractivity contribution in [1.29, 1.82) is 0 Å². The summed E-state index contributed by atoms with van der Waals surface area (Å²) in [6.07, 6.45) is 1.72. The molecule has 0 fully saturated rings. The quantitative estimate of drug-likeness (QED) is 0.0140. The Morgan fingerprint density at radius 3 is 2.03 bits per heavy atom. The first kappa shape index (κ1) is 57.0. The maximum absolute atomic E-state index is 14.4. The first-order valence-electron chi connectivity index (χ1n) is 23.7. The summed E-state index contributed by atoms with van der Waals surface area (Å²) < 4.78 is 36.8. The van der Waals surface area contributed by atoms with Crippen LogP contribution in [0.25, 0.3) is 11.1 Å². The van der Waals surface area contributed by atoms with E-state index < -0.39 is 49.6 Å². The molecular formula is C52H73BFN4O9P. The minimum atomic E-state index is -2.28. The van der Waals surface area contributed by atoms with E-state index in [1.165, 1.54) is 0 Å². The average molecular weight is 959 g/mol. The van der Waals surface area contributed by atoms with Gasteiger partial charge in [-0.25, -0.2) is 8.99 Å². The second-order valence-corrected chi connectivity index (χ2v) is 20.0. The van der Waals surface area contributed by atoms with Gasteiger partial charge in [-0.05, 0) is 88.8 Å². The van der Waals surface area contributed by atoms with Crippen LogP contribution in [0.3, 0.4) is 0 Å². The fourth-order valence-corrected chi connectivity index (χ4v) is 7.67. The van der Waals surface area contributed by atoms with E-state index in [2.05, 4.69) is 29.5 Å². The van der Waals surface area contributed by atoms with E-state index in [9.17, 15) is 28.2 Å². The minimum Gasteiger partial charge on any atom is -0.493 e. The molecule has 2 radical (unpaired) electrons. The molecule has 4 N–H and O–H groups in total. The number of amidine groups is 1. The van der Waals surface area contributed by atoms with Gasteiger partial charge < -0.3 is 35.3 Å². The number of amides is 2. The van der Waals surface area contributed by atoms with Gasteiger partial charge in [0.25, 0.3) is 0 Å². The third kappa shape index (κ3) is 23.1. The van der Waals surface area contributed by atoms with Crippen LogP contribution in [0.1, 0.15) is 112 Å². The van der Waals surface area contributed by atoms with Crippen molar-refractivity contribution in [2.75, 3.05) is 32.5 Å². The van der Waals surface area contributed by atoms with Crippen LogP contribution < -0.4 is 25.8 Å². The Kier molecular flexibility index (Phi) is 25.4. The maximum Gasteiger partial charge on any atom is 0.407 e. The maximum atomic E-state index is 14.4. The van der Waals surface area contributed by atoms with Gasteiger partial charge in [0.1, 0.15) is 30.3 Å². The molecular weight excluding hydrogens is 885 g/mol. The van der Waals surface area contributed by atoms with Crippen molar-refractivity contribution in [2.45, 2.75) is 125 Å². The Balaban J connectivity index is 1.84. The number of rotatable bonds is 31. The summed E-state index contributed by atoms with van der Waals surface area (Å²) in [6.45, 7) is 14.1. The van der Waals surface area contributed by atoms with Crippen molar-refractivity contribution in [3.8, 4) is 22.6 Å². The zero-order valence-electron chi connectivity index (χ0n) is 41.1. The highest BCUT2D eigenvalue weighted by Crippen LogP contribution is 2.36. The molecule has 68 heavy (non-hydrogen) atoms. The Morgan fingerprint density at radius 1 is 0.779 bits per heavy atom. The second-order valence-electron chi connectivity index (χ2n) is 18.9. The van der Waals surface area contributed by atoms with Gasteiger partial charge in [0.05, 0.1) is 24.4 Å². The number of Topliss-reactive ketones (excluding diaryl/α,β-unsaturated/α-hetero) is 2. The fourth-order valence-electron chi connectivity index (χ4n) is 7.26. The Labute approximate surface area is 405 Å². The summed E-state index contributed by atoms with van der Waals surface area (Å²) in [7, 11) is 3.02. The highest BCUT2D eigenvalue weighted by atomic mass is 31.2. The van der Waals surface area contributed by atoms with E-state index in [1.54, 1.807) is 26.8 Å². The molecule has 0 aliphatic rings. The number of para-hydroxylation sites is 2. The number of halogens is 1. The van der Waals surface area contributed by atoms with Crippen LogP contribution in [0.4, 0.5) is 8.99 Å². The van der Waals surface area contributed by atoms with Crippen molar-refractivity contribution in [3.63, 3.8) is 0 Å². The van der Waals surface area contributed by atoms with Crippen LogP contribution in [-0.2, 0) is 35.3 Å². The number of ketones is 2. The molecule has 16 heteroatoms. The van der Waals surface area contributed by atoms with Crippen LogP contribution in [0.2, 0.25) is 0 Å². The van der Waals surface area contributed by atoms with Crippen LogP contribution in [-0.4, -0.2) is 87.0 Å². The fraction of sp³-hybridized carbons (Fsp3) is 0.538. The molecule has 0 saturated heterocycles. The van der Waals surface area contributed by atoms with E-state index in [0.717, 1.165) is 23.1 Å². The van der Waals surface area contributed by atoms with E-state index >= 15 is 0 Å². The molecule has 370 valence electrons. The number of hydrogen-bond acceptors (Lipinski definition) is 10. The van der Waals surface area contributed by atoms with Gasteiger partial charge in [-0.2, -0.15) is 0 Å². The molecule has 13 nitrogen and oxygen atoms in total. The van der Waals surface area contributed by atoms with Gasteiger partial charge >= 0.3 is 12.1 Å². The van der Waals surface area contributed by atoms with Gasteiger partial charge in [0, 0.05) is 57.2 Å². The molecule has 0 heterocycles. The molecule has 0 spiro atoms. The summed E-state index contributed by atoms with van der Waals surface area (Å²) in [6, 6.07) is 23.2. The molecule has 1 unspecified atom stereocenters. The summed E-state index contributed by atoms with van der Waals surface area (Å²) in [5.41, 5.74) is 7.55. The molecule has 0 bridgehead atoms. The van der Waals surface area contributed by atoms with Crippen molar-refractivity contribution in [3.05, 3.63) is 84.4 Å². The number of carbonyl (C=O) groups excluding carboxylic acids is 5. The van der Waals surface area contributed by atoms with Gasteiger partial charge in [-0.3, -0.25) is 24.2 Å². The largest absolute Gasteiger partial charge is 0.493 e. The van der Waals surface area contributed by atoms with Gasteiger partial charge in [-0.1, -0.05) is 101 Å². The average Bonchev–Trinajstić information content (AvgIpc) is 3.27. The topological polar surface area (TPSA) is 185 Å². The number of nitrogens with one attached hydrogen (secondary N) is 2. The lowest BCUT2D eigenvalue weighted by Crippen LogP contribution is -2.45. The lowest BCUT2D eigenvalue weighted by molar-refractivity contribution is -0.152. The van der Waals surface area contributed by atoms with E-state index in [-0.39, 0.29) is 81.5 Å². The lowest BCUT2D eigenvalue weighted by Gasteiger charge is -2.24. The molecule has 0 aliphatic carbocycles. The second kappa shape index (κ2) is 30.2. The van der Waals surface area contributed by atoms with Crippen molar-refractivity contribution < 1.29 is 47.1 Å². The standard InChI is InChI=1S/C52H73BFN4O9P/c1-36(2)26-29-64-46-24-13-11-21-42(46)43-22-12-14-25-47(43)65-34-41(59)31-39(20-15-16-27-57-51(63)67-52(5,6)7)49(61)58-44(23-17-28-56-48(55)35-68(53)54)45(60)32-40(30-37(3)4)50(62)66-33-38-18-9-8-10-19-38/h8-14,18-19,21-22,24-25,36-37,39-40,44H,15-17,20,23,26-35H2,1-7H3,(H2,55,56)(H,57,63)(H,58,61)/t39-,40+,44+,68?/m0/s1. The number of alkyl carbamates (subject to hydrolysis) is 1. The molecule has 3 aromatic rings. The molecule has 0 saturated carbocycles. The van der Waals surface area contributed by atoms with E-state index in [0.29, 0.717) is 49.7 Å². The first-order valence-corrected chi connectivity index (χ1v) is 25.2. The molecule has 0 aromatic heterocycles. The van der Waals surface area contributed by atoms with Crippen molar-refractivity contribution in [2.24, 2.45) is 34.4 Å². The lowest BCUT2D eigenvalue weighted by atomic mass is 9.89. The molecule has 2 amide bonds.